The van der Waals surface area contributed by atoms with E-state index in [-0.39, 0.29) is 44.9 Å². The Bertz CT molecular complexity index is 299. The summed E-state index contributed by atoms with van der Waals surface area (Å²) in [5, 5.41) is 27.0. The molecule has 0 aliphatic carbocycles. The second-order valence-electron chi connectivity index (χ2n) is 2.51. The largest absolute Gasteiger partial charge is 2.00 e. The molecule has 1 aromatic rings. The minimum absolute atomic E-state index is 0. The number of rotatable bonds is 2. The van der Waals surface area contributed by atoms with Crippen LogP contribution in [-0.4, -0.2) is 43.4 Å². The van der Waals surface area contributed by atoms with Gasteiger partial charge in [-0.3, -0.25) is 4.98 Å². The molecular formula is C8H13MgNO3. The Labute approximate surface area is 95.4 Å². The third-order valence-electron chi connectivity index (χ3n) is 1.76. The summed E-state index contributed by atoms with van der Waals surface area (Å²) < 4.78 is 0. The molecule has 0 saturated heterocycles. The molecule has 3 N–H and O–H groups in total. The van der Waals surface area contributed by atoms with Crippen LogP contribution in [-0.2, 0) is 13.2 Å². The van der Waals surface area contributed by atoms with Crippen LogP contribution in [0.4, 0.5) is 0 Å². The summed E-state index contributed by atoms with van der Waals surface area (Å²) >= 11 is 0. The van der Waals surface area contributed by atoms with Crippen LogP contribution >= 0.6 is 0 Å². The van der Waals surface area contributed by atoms with E-state index >= 15 is 0 Å². The summed E-state index contributed by atoms with van der Waals surface area (Å²) in [5.41, 5.74) is 1.27. The first-order valence-corrected chi connectivity index (χ1v) is 3.58. The smallest absolute Gasteiger partial charge is 1.00 e. The molecule has 1 aromatic heterocycles. The van der Waals surface area contributed by atoms with Gasteiger partial charge in [0.1, 0.15) is 5.75 Å². The van der Waals surface area contributed by atoms with Gasteiger partial charge in [-0.2, -0.15) is 0 Å². The Morgan fingerprint density at radius 2 is 2.00 bits per heavy atom. The van der Waals surface area contributed by atoms with Gasteiger partial charge in [0, 0.05) is 17.3 Å². The van der Waals surface area contributed by atoms with Crippen molar-refractivity contribution in [1.82, 2.24) is 4.98 Å². The van der Waals surface area contributed by atoms with Crippen LogP contribution in [0.5, 0.6) is 5.75 Å². The molecule has 0 aromatic carbocycles. The van der Waals surface area contributed by atoms with Crippen molar-refractivity contribution < 1.29 is 18.2 Å². The van der Waals surface area contributed by atoms with Gasteiger partial charge in [0.2, 0.25) is 0 Å². The zero-order valence-electron chi connectivity index (χ0n) is 9.49. The fourth-order valence-electron chi connectivity index (χ4n) is 0.997. The van der Waals surface area contributed by atoms with Gasteiger partial charge in [0.15, 0.2) is 0 Å². The van der Waals surface area contributed by atoms with Gasteiger partial charge in [0.05, 0.1) is 18.9 Å². The molecule has 0 fully saturated rings. The Balaban J connectivity index is -0.000000480. The summed E-state index contributed by atoms with van der Waals surface area (Å²) in [5.74, 6) is -0.0379. The Morgan fingerprint density at radius 1 is 1.38 bits per heavy atom. The van der Waals surface area contributed by atoms with Gasteiger partial charge < -0.3 is 18.2 Å². The van der Waals surface area contributed by atoms with E-state index in [4.69, 9.17) is 10.2 Å². The maximum absolute atomic E-state index is 9.38. The van der Waals surface area contributed by atoms with Gasteiger partial charge in [-0.15, -0.1) is 0 Å². The second kappa shape index (κ2) is 5.38. The number of hydrogen-bond acceptors (Lipinski definition) is 4. The molecule has 0 aliphatic rings. The van der Waals surface area contributed by atoms with Crippen molar-refractivity contribution in [3.05, 3.63) is 23.0 Å². The molecule has 13 heavy (non-hydrogen) atoms. The monoisotopic (exact) mass is 195 g/mol. The van der Waals surface area contributed by atoms with E-state index in [2.05, 4.69) is 4.98 Å². The third-order valence-corrected chi connectivity index (χ3v) is 1.76. The van der Waals surface area contributed by atoms with Crippen molar-refractivity contribution in [2.45, 2.75) is 20.1 Å². The summed E-state index contributed by atoms with van der Waals surface area (Å²) in [4.78, 5) is 3.84. The normalized spacial score (nSPS) is 9.46. The summed E-state index contributed by atoms with van der Waals surface area (Å²) in [6.07, 6.45) is 1.45. The van der Waals surface area contributed by atoms with E-state index in [0.717, 1.165) is 0 Å². The van der Waals surface area contributed by atoms with Crippen molar-refractivity contribution in [3.63, 3.8) is 0 Å². The predicted molar refractivity (Wildman–Crippen MR) is 50.5 cm³/mol. The molecule has 0 radical (unpaired) electrons. The fourth-order valence-corrected chi connectivity index (χ4v) is 0.997. The molecule has 0 atom stereocenters. The van der Waals surface area contributed by atoms with Gasteiger partial charge >= 0.3 is 23.1 Å². The zero-order chi connectivity index (χ0) is 9.14. The van der Waals surface area contributed by atoms with E-state index in [9.17, 15) is 5.11 Å². The van der Waals surface area contributed by atoms with E-state index in [0.29, 0.717) is 16.8 Å². The number of nitrogens with zero attached hydrogens (tertiary/aromatic N) is 1. The average Bonchev–Trinajstić information content (AvgIpc) is 2.09. The van der Waals surface area contributed by atoms with Crippen LogP contribution in [0.15, 0.2) is 6.20 Å². The molecule has 0 amide bonds. The second-order valence-corrected chi connectivity index (χ2v) is 2.51. The molecule has 0 unspecified atom stereocenters. The quantitative estimate of drug-likeness (QED) is 0.578. The number of hydrogen-bond donors (Lipinski definition) is 3. The predicted octanol–water partition coefficient (Wildman–Crippen LogP) is -0.0756. The van der Waals surface area contributed by atoms with Crippen LogP contribution in [0.1, 0.15) is 19.7 Å². The number of aromatic hydroxyl groups is 1. The average molecular weight is 196 g/mol. The van der Waals surface area contributed by atoms with Crippen LogP contribution in [0.3, 0.4) is 0 Å². The Morgan fingerprint density at radius 3 is 2.46 bits per heavy atom. The van der Waals surface area contributed by atoms with Crippen molar-refractivity contribution in [2.24, 2.45) is 0 Å². The van der Waals surface area contributed by atoms with E-state index < -0.39 is 0 Å². The fraction of sp³-hybridized carbons (Fsp3) is 0.375. The number of aliphatic hydroxyl groups is 2. The van der Waals surface area contributed by atoms with Crippen LogP contribution in [0, 0.1) is 6.92 Å². The van der Waals surface area contributed by atoms with Crippen molar-refractivity contribution in [2.75, 3.05) is 0 Å². The number of aliphatic hydroxyl groups excluding tert-OH is 2. The van der Waals surface area contributed by atoms with Gasteiger partial charge in [-0.1, -0.05) is 0 Å². The first-order chi connectivity index (χ1) is 5.70. The maximum Gasteiger partial charge on any atom is 2.00 e. The summed E-state index contributed by atoms with van der Waals surface area (Å²) in [7, 11) is 0. The molecule has 1 rings (SSSR count). The van der Waals surface area contributed by atoms with Crippen molar-refractivity contribution in [3.8, 4) is 5.75 Å². The Kier molecular flexibility index (Phi) is 5.23. The van der Waals surface area contributed by atoms with E-state index in [1.165, 1.54) is 6.20 Å². The SMILES string of the molecule is Cc1ncc(CO)c(CO)c1O.[H-].[H-].[Mg+2]. The van der Waals surface area contributed by atoms with Gasteiger partial charge in [-0.05, 0) is 6.92 Å². The van der Waals surface area contributed by atoms with Crippen molar-refractivity contribution >= 4 is 23.1 Å². The van der Waals surface area contributed by atoms with E-state index in [1.807, 2.05) is 0 Å². The molecule has 0 saturated carbocycles. The van der Waals surface area contributed by atoms with E-state index in [1.54, 1.807) is 6.92 Å². The summed E-state index contributed by atoms with van der Waals surface area (Å²) in [6, 6.07) is 0. The maximum atomic E-state index is 9.38. The first kappa shape index (κ1) is 12.6. The third kappa shape index (κ3) is 2.54. The molecule has 5 heteroatoms. The van der Waals surface area contributed by atoms with Gasteiger partial charge in [0.25, 0.3) is 0 Å². The zero-order valence-corrected chi connectivity index (χ0v) is 8.90. The molecule has 70 valence electrons. The minimum atomic E-state index is -0.287. The summed E-state index contributed by atoms with van der Waals surface area (Å²) in [6.45, 7) is 1.12. The minimum Gasteiger partial charge on any atom is -1.00 e. The Hall–Kier alpha value is -0.364. The molecule has 0 aliphatic heterocycles. The molecule has 0 spiro atoms. The molecular weight excluding hydrogens is 182 g/mol. The standard InChI is InChI=1S/C8H11NO3.Mg.2H/c1-5-8(12)7(4-11)6(3-10)2-9-5;;;/h2,10-12H,3-4H2,1H3;;;/q;+2;2*-1. The van der Waals surface area contributed by atoms with Gasteiger partial charge in [-0.25, -0.2) is 0 Å². The number of pyridine rings is 1. The van der Waals surface area contributed by atoms with Crippen LogP contribution in [0.2, 0.25) is 0 Å². The first-order valence-electron chi connectivity index (χ1n) is 3.58. The van der Waals surface area contributed by atoms with Crippen LogP contribution < -0.4 is 0 Å². The number of aromatic nitrogens is 1. The number of aryl methyl sites for hydroxylation is 1. The molecule has 1 heterocycles. The molecule has 4 nitrogen and oxygen atoms in total. The topological polar surface area (TPSA) is 73.6 Å². The van der Waals surface area contributed by atoms with Crippen LogP contribution in [0.25, 0.3) is 0 Å². The van der Waals surface area contributed by atoms with Crippen molar-refractivity contribution in [1.29, 1.82) is 0 Å². The molecule has 0 bridgehead atoms.